The fourth-order valence-corrected chi connectivity index (χ4v) is 3.41. The first-order valence-corrected chi connectivity index (χ1v) is 10.3. The van der Waals surface area contributed by atoms with Gasteiger partial charge in [0.2, 0.25) is 0 Å². The third kappa shape index (κ3) is 5.93. The van der Waals surface area contributed by atoms with Crippen molar-refractivity contribution in [2.24, 2.45) is 5.10 Å². The number of anilines is 1. The summed E-state index contributed by atoms with van der Waals surface area (Å²) in [6.45, 7) is 2.68. The number of hydrogen-bond donors (Lipinski definition) is 1. The van der Waals surface area contributed by atoms with E-state index in [1.54, 1.807) is 18.3 Å². The van der Waals surface area contributed by atoms with Crippen LogP contribution in [0.15, 0.2) is 71.8 Å². The smallest absolute Gasteiger partial charge is 0.269 e. The predicted molar refractivity (Wildman–Crippen MR) is 125 cm³/mol. The van der Waals surface area contributed by atoms with Gasteiger partial charge in [-0.25, -0.2) is 0 Å². The van der Waals surface area contributed by atoms with E-state index in [9.17, 15) is 10.1 Å². The molecule has 0 aliphatic rings. The van der Waals surface area contributed by atoms with Gasteiger partial charge in [0.1, 0.15) is 6.61 Å². The maximum Gasteiger partial charge on any atom is 0.269 e. The number of nitro groups is 1. The number of hydrazone groups is 1. The minimum Gasteiger partial charge on any atom is -0.490 e. The van der Waals surface area contributed by atoms with Crippen LogP contribution < -0.4 is 14.9 Å². The Morgan fingerprint density at radius 1 is 1.10 bits per heavy atom. The highest BCUT2D eigenvalue weighted by Crippen LogP contribution is 2.34. The standard InChI is InChI=1S/C22H20IN3O4/c1-2-29-21-13-17(14-24-25-18-6-4-3-5-7-18)12-20(23)22(21)30-15-16-8-10-19(11-9-16)26(27)28/h3-14,25H,2,15H2,1H3/b24-14-. The van der Waals surface area contributed by atoms with Crippen molar-refractivity contribution in [3.8, 4) is 11.5 Å². The van der Waals surface area contributed by atoms with E-state index in [-0.39, 0.29) is 12.3 Å². The van der Waals surface area contributed by atoms with E-state index in [4.69, 9.17) is 9.47 Å². The molecule has 0 unspecified atom stereocenters. The molecule has 3 aromatic carbocycles. The highest BCUT2D eigenvalue weighted by atomic mass is 127. The quantitative estimate of drug-likeness (QED) is 0.172. The second kappa shape index (κ2) is 10.6. The van der Waals surface area contributed by atoms with Crippen molar-refractivity contribution in [1.82, 2.24) is 0 Å². The summed E-state index contributed by atoms with van der Waals surface area (Å²) >= 11 is 2.19. The molecule has 0 aliphatic carbocycles. The molecule has 0 saturated carbocycles. The van der Waals surface area contributed by atoms with Crippen LogP contribution in [0.4, 0.5) is 11.4 Å². The van der Waals surface area contributed by atoms with Crippen molar-refractivity contribution < 1.29 is 14.4 Å². The van der Waals surface area contributed by atoms with Crippen LogP contribution in [-0.4, -0.2) is 17.7 Å². The van der Waals surface area contributed by atoms with Gasteiger partial charge in [0, 0.05) is 12.1 Å². The molecule has 154 valence electrons. The van der Waals surface area contributed by atoms with Crippen LogP contribution in [0.3, 0.4) is 0 Å². The van der Waals surface area contributed by atoms with Crippen LogP contribution in [0.2, 0.25) is 0 Å². The Bertz CT molecular complexity index is 1020. The number of non-ortho nitro benzene ring substituents is 1. The number of hydrogen-bond acceptors (Lipinski definition) is 6. The first kappa shape index (κ1) is 21.6. The summed E-state index contributed by atoms with van der Waals surface area (Å²) in [5.74, 6) is 1.25. The molecule has 0 atom stereocenters. The van der Waals surface area contributed by atoms with Gasteiger partial charge in [-0.15, -0.1) is 0 Å². The fourth-order valence-electron chi connectivity index (χ4n) is 2.63. The Labute approximate surface area is 188 Å². The van der Waals surface area contributed by atoms with Crippen molar-refractivity contribution in [1.29, 1.82) is 0 Å². The van der Waals surface area contributed by atoms with Crippen LogP contribution in [0.25, 0.3) is 0 Å². The first-order chi connectivity index (χ1) is 14.6. The second-order valence-electron chi connectivity index (χ2n) is 6.21. The topological polar surface area (TPSA) is 86.0 Å². The van der Waals surface area contributed by atoms with Gasteiger partial charge in [-0.1, -0.05) is 18.2 Å². The third-order valence-electron chi connectivity index (χ3n) is 4.04. The summed E-state index contributed by atoms with van der Waals surface area (Å²) in [5.41, 5.74) is 5.64. The molecule has 3 rings (SSSR count). The van der Waals surface area contributed by atoms with Crippen molar-refractivity contribution in [3.63, 3.8) is 0 Å². The zero-order chi connectivity index (χ0) is 21.3. The van der Waals surface area contributed by atoms with Crippen molar-refractivity contribution >= 4 is 40.2 Å². The number of para-hydroxylation sites is 1. The van der Waals surface area contributed by atoms with E-state index in [1.165, 1.54) is 12.1 Å². The molecular formula is C22H20IN3O4. The number of ether oxygens (including phenoxy) is 2. The van der Waals surface area contributed by atoms with E-state index in [1.807, 2.05) is 49.4 Å². The summed E-state index contributed by atoms with van der Waals surface area (Å²) < 4.78 is 12.6. The Kier molecular flexibility index (Phi) is 7.61. The fraction of sp³-hybridized carbons (Fsp3) is 0.136. The molecule has 30 heavy (non-hydrogen) atoms. The van der Waals surface area contributed by atoms with Gasteiger partial charge in [0.15, 0.2) is 11.5 Å². The third-order valence-corrected chi connectivity index (χ3v) is 4.84. The molecule has 8 heteroatoms. The molecule has 0 bridgehead atoms. The molecule has 0 heterocycles. The lowest BCUT2D eigenvalue weighted by Crippen LogP contribution is -2.03. The number of nitrogens with zero attached hydrogens (tertiary/aromatic N) is 2. The highest BCUT2D eigenvalue weighted by molar-refractivity contribution is 14.1. The minimum atomic E-state index is -0.423. The highest BCUT2D eigenvalue weighted by Gasteiger charge is 2.13. The Balaban J connectivity index is 1.73. The van der Waals surface area contributed by atoms with E-state index < -0.39 is 4.92 Å². The zero-order valence-corrected chi connectivity index (χ0v) is 18.4. The lowest BCUT2D eigenvalue weighted by atomic mass is 10.2. The summed E-state index contributed by atoms with van der Waals surface area (Å²) in [5, 5.41) is 15.1. The van der Waals surface area contributed by atoms with Gasteiger partial charge < -0.3 is 9.47 Å². The van der Waals surface area contributed by atoms with E-state index in [2.05, 4.69) is 33.1 Å². The van der Waals surface area contributed by atoms with Crippen LogP contribution in [-0.2, 0) is 6.61 Å². The molecule has 1 N–H and O–H groups in total. The normalized spacial score (nSPS) is 10.7. The first-order valence-electron chi connectivity index (χ1n) is 9.23. The largest absolute Gasteiger partial charge is 0.490 e. The van der Waals surface area contributed by atoms with Crippen molar-refractivity contribution in [3.05, 3.63) is 91.5 Å². The molecule has 7 nitrogen and oxygen atoms in total. The summed E-state index contributed by atoms with van der Waals surface area (Å²) in [7, 11) is 0. The lowest BCUT2D eigenvalue weighted by Gasteiger charge is -2.14. The molecule has 0 aromatic heterocycles. The average molecular weight is 517 g/mol. The van der Waals surface area contributed by atoms with Gasteiger partial charge in [-0.2, -0.15) is 5.10 Å². The van der Waals surface area contributed by atoms with E-state index >= 15 is 0 Å². The molecule has 0 spiro atoms. The van der Waals surface area contributed by atoms with E-state index in [0.717, 1.165) is 20.4 Å². The molecule has 0 radical (unpaired) electrons. The monoisotopic (exact) mass is 517 g/mol. The minimum absolute atomic E-state index is 0.0519. The second-order valence-corrected chi connectivity index (χ2v) is 7.37. The van der Waals surface area contributed by atoms with Gasteiger partial charge in [0.05, 0.1) is 27.0 Å². The predicted octanol–water partition coefficient (Wildman–Crippen LogP) is 5.62. The molecule has 0 saturated heterocycles. The maximum absolute atomic E-state index is 10.8. The van der Waals surface area contributed by atoms with Crippen LogP contribution in [0.5, 0.6) is 11.5 Å². The molecule has 0 fully saturated rings. The number of rotatable bonds is 9. The van der Waals surface area contributed by atoms with Crippen molar-refractivity contribution in [2.75, 3.05) is 12.0 Å². The molecular weight excluding hydrogens is 497 g/mol. The summed E-state index contributed by atoms with van der Waals surface area (Å²) in [6.07, 6.45) is 1.72. The molecule has 0 aliphatic heterocycles. The molecule has 3 aromatic rings. The van der Waals surface area contributed by atoms with Crippen LogP contribution in [0.1, 0.15) is 18.1 Å². The van der Waals surface area contributed by atoms with Gasteiger partial charge >= 0.3 is 0 Å². The Morgan fingerprint density at radius 2 is 1.83 bits per heavy atom. The lowest BCUT2D eigenvalue weighted by molar-refractivity contribution is -0.384. The molecule has 0 amide bonds. The number of halogens is 1. The summed E-state index contributed by atoms with van der Waals surface area (Å²) in [4.78, 5) is 10.4. The van der Waals surface area contributed by atoms with Gasteiger partial charge in [-0.3, -0.25) is 15.5 Å². The van der Waals surface area contributed by atoms with E-state index in [0.29, 0.717) is 18.1 Å². The number of benzene rings is 3. The average Bonchev–Trinajstić information content (AvgIpc) is 2.74. The van der Waals surface area contributed by atoms with Crippen molar-refractivity contribution in [2.45, 2.75) is 13.5 Å². The summed E-state index contributed by atoms with van der Waals surface area (Å²) in [6, 6.07) is 19.8. The Hall–Kier alpha value is -3.14. The Morgan fingerprint density at radius 3 is 2.50 bits per heavy atom. The maximum atomic E-state index is 10.8. The number of nitro benzene ring substituents is 1. The SMILES string of the molecule is CCOc1cc(/C=N\Nc2ccccc2)cc(I)c1OCc1ccc([N+](=O)[O-])cc1. The zero-order valence-electron chi connectivity index (χ0n) is 16.2. The van der Waals surface area contributed by atoms with Gasteiger partial charge in [-0.05, 0) is 77.0 Å². The van der Waals surface area contributed by atoms with Crippen LogP contribution >= 0.6 is 22.6 Å². The van der Waals surface area contributed by atoms with Crippen LogP contribution in [0, 0.1) is 13.7 Å². The van der Waals surface area contributed by atoms with Gasteiger partial charge in [0.25, 0.3) is 5.69 Å². The number of nitrogens with one attached hydrogen (secondary N) is 1.